The first-order valence-electron chi connectivity index (χ1n) is 10.1. The van der Waals surface area contributed by atoms with Crippen LogP contribution in [0.2, 0.25) is 0 Å². The summed E-state index contributed by atoms with van der Waals surface area (Å²) in [5.74, 6) is 1.25. The van der Waals surface area contributed by atoms with Crippen LogP contribution in [0.1, 0.15) is 41.0 Å². The van der Waals surface area contributed by atoms with Crippen LogP contribution in [0.4, 0.5) is 17.5 Å². The van der Waals surface area contributed by atoms with E-state index in [4.69, 9.17) is 15.2 Å². The summed E-state index contributed by atoms with van der Waals surface area (Å²) < 4.78 is 0. The molecule has 0 atom stereocenters. The Bertz CT molecular complexity index is 1300. The maximum atomic E-state index is 9.29. The van der Waals surface area contributed by atoms with Gasteiger partial charge >= 0.3 is 0 Å². The van der Waals surface area contributed by atoms with E-state index in [1.165, 1.54) is 6.08 Å². The molecule has 1 aromatic carbocycles. The molecule has 31 heavy (non-hydrogen) atoms. The molecule has 0 amide bonds. The number of benzene rings is 1. The summed E-state index contributed by atoms with van der Waals surface area (Å²) in [7, 11) is 0. The van der Waals surface area contributed by atoms with Crippen LogP contribution in [0.3, 0.4) is 0 Å². The van der Waals surface area contributed by atoms with Crippen molar-refractivity contribution in [1.82, 2.24) is 15.0 Å². The minimum absolute atomic E-state index is 0.0407. The Kier molecular flexibility index (Phi) is 4.25. The Hall–Kier alpha value is -3.49. The molecule has 2 N–H and O–H groups in total. The Morgan fingerprint density at radius 1 is 1.06 bits per heavy atom. The molecule has 6 rings (SSSR count). The summed E-state index contributed by atoms with van der Waals surface area (Å²) in [6, 6.07) is 8.54. The van der Waals surface area contributed by atoms with Crippen molar-refractivity contribution >= 4 is 45.2 Å². The van der Waals surface area contributed by atoms with Gasteiger partial charge in [0.1, 0.15) is 5.52 Å². The summed E-state index contributed by atoms with van der Waals surface area (Å²) in [5, 5.41) is 26.0. The predicted octanol–water partition coefficient (Wildman–Crippen LogP) is 5.15. The van der Waals surface area contributed by atoms with E-state index in [1.54, 1.807) is 17.4 Å². The molecule has 2 heterocycles. The van der Waals surface area contributed by atoms with E-state index in [1.807, 2.05) is 39.0 Å². The smallest absolute Gasteiger partial charge is 0.226 e. The summed E-state index contributed by atoms with van der Waals surface area (Å²) >= 11 is 1.54. The molecule has 0 spiro atoms. The molecule has 3 aliphatic carbocycles. The van der Waals surface area contributed by atoms with E-state index in [0.29, 0.717) is 11.8 Å². The number of aromatic nitrogens is 3. The van der Waals surface area contributed by atoms with Gasteiger partial charge in [0.25, 0.3) is 0 Å². The molecule has 0 aliphatic heterocycles. The molecular formula is C23H21N7S. The molecule has 3 fully saturated rings. The van der Waals surface area contributed by atoms with Crippen LogP contribution < -0.4 is 10.6 Å². The van der Waals surface area contributed by atoms with Gasteiger partial charge < -0.3 is 10.6 Å². The lowest BCUT2D eigenvalue weighted by atomic mass is 9.40. The van der Waals surface area contributed by atoms with Crippen molar-refractivity contribution in [3.05, 3.63) is 39.9 Å². The van der Waals surface area contributed by atoms with Gasteiger partial charge in [-0.25, -0.2) is 9.97 Å². The number of allylic oxidation sites excluding steroid dienone is 1. The van der Waals surface area contributed by atoms with Gasteiger partial charge in [-0.15, -0.1) is 0 Å². The summed E-state index contributed by atoms with van der Waals surface area (Å²) in [5.41, 5.74) is 4.65. The van der Waals surface area contributed by atoms with E-state index >= 15 is 0 Å². The molecule has 0 unspecified atom stereocenters. The lowest BCUT2D eigenvalue weighted by Crippen LogP contribution is -2.70. The van der Waals surface area contributed by atoms with Crippen molar-refractivity contribution in [2.45, 2.75) is 45.6 Å². The number of nitrogens with zero attached hydrogens (tertiary/aromatic N) is 5. The van der Waals surface area contributed by atoms with Crippen molar-refractivity contribution < 1.29 is 0 Å². The maximum Gasteiger partial charge on any atom is 0.226 e. The van der Waals surface area contributed by atoms with Gasteiger partial charge in [0.05, 0.1) is 22.6 Å². The minimum atomic E-state index is -0.130. The normalized spacial score (nSPS) is 23.6. The van der Waals surface area contributed by atoms with Crippen LogP contribution in [0.15, 0.2) is 18.2 Å². The number of hydrogen-bond donors (Lipinski definition) is 2. The Balaban J connectivity index is 1.49. The monoisotopic (exact) mass is 427 g/mol. The van der Waals surface area contributed by atoms with Crippen LogP contribution in [0, 0.1) is 48.8 Å². The second-order valence-electron chi connectivity index (χ2n) is 8.73. The number of rotatable bonds is 5. The molecular weight excluding hydrogens is 406 g/mol. The van der Waals surface area contributed by atoms with Crippen LogP contribution in [0.5, 0.6) is 0 Å². The van der Waals surface area contributed by atoms with E-state index in [0.717, 1.165) is 57.0 Å². The summed E-state index contributed by atoms with van der Waals surface area (Å²) in [4.78, 5) is 15.0. The predicted molar refractivity (Wildman–Crippen MR) is 122 cm³/mol. The molecule has 0 saturated heterocycles. The lowest BCUT2D eigenvalue weighted by Gasteiger charge is -2.66. The van der Waals surface area contributed by atoms with Crippen LogP contribution in [-0.4, -0.2) is 20.5 Å². The summed E-state index contributed by atoms with van der Waals surface area (Å²) in [6.07, 6.45) is 5.86. The topological polar surface area (TPSA) is 110 Å². The number of hydrogen-bond acceptors (Lipinski definition) is 8. The molecule has 8 heteroatoms. The Morgan fingerprint density at radius 2 is 1.77 bits per heavy atom. The van der Waals surface area contributed by atoms with Gasteiger partial charge in [0, 0.05) is 17.3 Å². The number of thiazole rings is 1. The van der Waals surface area contributed by atoms with Gasteiger partial charge in [-0.3, -0.25) is 0 Å². The average molecular weight is 428 g/mol. The van der Waals surface area contributed by atoms with Crippen molar-refractivity contribution in [1.29, 1.82) is 10.5 Å². The summed E-state index contributed by atoms with van der Waals surface area (Å²) in [6.45, 7) is 6.03. The minimum Gasteiger partial charge on any atom is -0.349 e. The van der Waals surface area contributed by atoms with E-state index in [9.17, 15) is 5.26 Å². The molecule has 3 aromatic rings. The highest BCUT2D eigenvalue weighted by Crippen LogP contribution is 2.67. The number of anilines is 3. The SMILES string of the molecule is Cc1nc2c(Nc3c(C)cc(/C=C/C#N)cc3C)nc(NC34CC(C#N)(C3)C4)nc2s1. The first-order chi connectivity index (χ1) is 14.8. The fraction of sp³-hybridized carbons (Fsp3) is 0.348. The second kappa shape index (κ2) is 6.76. The molecule has 2 bridgehead atoms. The Morgan fingerprint density at radius 3 is 2.42 bits per heavy atom. The highest BCUT2D eigenvalue weighted by Gasteiger charge is 2.69. The zero-order chi connectivity index (χ0) is 21.8. The first kappa shape index (κ1) is 19.5. The van der Waals surface area contributed by atoms with Gasteiger partial charge in [-0.05, 0) is 74.9 Å². The number of fused-ring (bicyclic) bond motifs is 1. The molecule has 3 saturated carbocycles. The van der Waals surface area contributed by atoms with E-state index < -0.39 is 0 Å². The standard InChI is InChI=1S/C23H21N7S/c1-13-7-16(5-4-6-24)8-14(2)17(13)27-19-18-20(31-15(3)26-18)29-21(28-19)30-23-9-22(10-23,11-23)12-25/h4-5,7-8H,9-11H2,1-3H3,(H2,27,28,29,30)/b5-4+. The molecule has 0 radical (unpaired) electrons. The van der Waals surface area contributed by atoms with Gasteiger partial charge in [0.2, 0.25) is 5.95 Å². The first-order valence-corrected chi connectivity index (χ1v) is 11.0. The van der Waals surface area contributed by atoms with Crippen molar-refractivity contribution in [3.63, 3.8) is 0 Å². The third kappa shape index (κ3) is 3.20. The fourth-order valence-electron chi connectivity index (χ4n) is 4.89. The number of nitrogens with one attached hydrogen (secondary N) is 2. The average Bonchev–Trinajstić information content (AvgIpc) is 3.04. The Labute approximate surface area is 184 Å². The zero-order valence-corrected chi connectivity index (χ0v) is 18.4. The molecule has 7 nitrogen and oxygen atoms in total. The third-order valence-corrected chi connectivity index (χ3v) is 7.02. The van der Waals surface area contributed by atoms with E-state index in [2.05, 4.69) is 21.7 Å². The third-order valence-electron chi connectivity index (χ3n) is 6.16. The largest absolute Gasteiger partial charge is 0.349 e. The highest BCUT2D eigenvalue weighted by atomic mass is 32.1. The lowest BCUT2D eigenvalue weighted by molar-refractivity contribution is -0.0664. The number of aryl methyl sites for hydroxylation is 3. The molecule has 154 valence electrons. The van der Waals surface area contributed by atoms with Gasteiger partial charge in [-0.2, -0.15) is 15.5 Å². The maximum absolute atomic E-state index is 9.29. The molecule has 3 aliphatic rings. The van der Waals surface area contributed by atoms with Gasteiger partial charge in [0.15, 0.2) is 10.6 Å². The van der Waals surface area contributed by atoms with E-state index in [-0.39, 0.29) is 11.0 Å². The van der Waals surface area contributed by atoms with Crippen LogP contribution in [-0.2, 0) is 0 Å². The zero-order valence-electron chi connectivity index (χ0n) is 17.6. The van der Waals surface area contributed by atoms with Gasteiger partial charge in [-0.1, -0.05) is 11.3 Å². The highest BCUT2D eigenvalue weighted by molar-refractivity contribution is 7.18. The fourth-order valence-corrected chi connectivity index (χ4v) is 5.68. The number of nitriles is 2. The quantitative estimate of drug-likeness (QED) is 0.542. The van der Waals surface area contributed by atoms with Crippen molar-refractivity contribution in [2.75, 3.05) is 10.6 Å². The van der Waals surface area contributed by atoms with Crippen molar-refractivity contribution in [2.24, 2.45) is 5.41 Å². The second-order valence-corrected chi connectivity index (χ2v) is 9.91. The van der Waals surface area contributed by atoms with Crippen molar-refractivity contribution in [3.8, 4) is 12.1 Å². The molecule has 2 aromatic heterocycles. The van der Waals surface area contributed by atoms with Crippen LogP contribution in [0.25, 0.3) is 16.4 Å². The van der Waals surface area contributed by atoms with Crippen LogP contribution >= 0.6 is 11.3 Å².